The van der Waals surface area contributed by atoms with Gasteiger partial charge in [-0.3, -0.25) is 4.79 Å². The molecule has 0 aliphatic carbocycles. The number of carbonyl (C=O) groups is 1. The summed E-state index contributed by atoms with van der Waals surface area (Å²) >= 11 is 3.12. The van der Waals surface area contributed by atoms with Crippen LogP contribution in [-0.4, -0.2) is 35.1 Å². The first-order valence-corrected chi connectivity index (χ1v) is 4.88. The molecule has 7 heteroatoms. The molecule has 1 unspecified atom stereocenters. The van der Waals surface area contributed by atoms with Crippen molar-refractivity contribution in [2.75, 3.05) is 6.54 Å². The molecule has 1 amide bonds. The average Bonchev–Trinajstić information content (AvgIpc) is 2.60. The van der Waals surface area contributed by atoms with Gasteiger partial charge in [-0.2, -0.15) is 0 Å². The molecule has 1 heterocycles. The molecule has 1 atom stereocenters. The zero-order valence-electron chi connectivity index (χ0n) is 7.51. The minimum absolute atomic E-state index is 0.239. The Labute approximate surface area is 92.8 Å². The van der Waals surface area contributed by atoms with Crippen LogP contribution in [0.1, 0.15) is 10.5 Å². The van der Waals surface area contributed by atoms with Crippen molar-refractivity contribution in [2.45, 2.75) is 12.5 Å². The van der Waals surface area contributed by atoms with E-state index in [1.807, 2.05) is 0 Å². The summed E-state index contributed by atoms with van der Waals surface area (Å²) in [6.07, 6.45) is -3.16. The number of hydrogen-bond donors (Lipinski definition) is 3. The monoisotopic (exact) mass is 282 g/mol. The Hall–Kier alpha value is -0.950. The van der Waals surface area contributed by atoms with Crippen LogP contribution in [0.3, 0.4) is 0 Å². The van der Waals surface area contributed by atoms with Crippen LogP contribution in [0, 0.1) is 0 Å². The molecule has 15 heavy (non-hydrogen) atoms. The highest BCUT2D eigenvalue weighted by molar-refractivity contribution is 9.10. The Morgan fingerprint density at radius 3 is 2.80 bits per heavy atom. The lowest BCUT2D eigenvalue weighted by atomic mass is 10.3. The number of aliphatic hydroxyl groups excluding tert-OH is 1. The number of carbonyl (C=O) groups excluding carboxylic acids is 1. The Kier molecular flexibility index (Phi) is 4.22. The number of alkyl halides is 2. The fourth-order valence-corrected chi connectivity index (χ4v) is 1.22. The lowest BCUT2D eigenvalue weighted by molar-refractivity contribution is -0.00272. The van der Waals surface area contributed by atoms with Gasteiger partial charge >= 0.3 is 0 Å². The Balaban J connectivity index is 2.43. The second-order valence-corrected chi connectivity index (χ2v) is 3.76. The van der Waals surface area contributed by atoms with Gasteiger partial charge in [-0.15, -0.1) is 0 Å². The molecule has 0 aromatic carbocycles. The molecule has 0 bridgehead atoms. The zero-order chi connectivity index (χ0) is 11.4. The van der Waals surface area contributed by atoms with Gasteiger partial charge in [-0.1, -0.05) is 0 Å². The van der Waals surface area contributed by atoms with E-state index in [2.05, 4.69) is 26.2 Å². The quantitative estimate of drug-likeness (QED) is 0.775. The molecular formula is C8H9BrF2N2O2. The molecule has 1 aromatic heterocycles. The van der Waals surface area contributed by atoms with Crippen molar-refractivity contribution < 1.29 is 18.7 Å². The molecule has 1 aromatic rings. The molecule has 0 fully saturated rings. The molecule has 0 aliphatic heterocycles. The Morgan fingerprint density at radius 1 is 1.67 bits per heavy atom. The summed E-state index contributed by atoms with van der Waals surface area (Å²) in [5.41, 5.74) is 0.239. The summed E-state index contributed by atoms with van der Waals surface area (Å²) in [4.78, 5) is 13.9. The van der Waals surface area contributed by atoms with E-state index in [1.54, 1.807) is 6.20 Å². The Morgan fingerprint density at radius 2 is 2.33 bits per heavy atom. The van der Waals surface area contributed by atoms with Gasteiger partial charge in [0.2, 0.25) is 0 Å². The number of aromatic nitrogens is 1. The largest absolute Gasteiger partial charge is 0.385 e. The maximum Gasteiger partial charge on any atom is 0.267 e. The molecule has 84 valence electrons. The first kappa shape index (κ1) is 12.1. The van der Waals surface area contributed by atoms with Crippen molar-refractivity contribution in [1.82, 2.24) is 10.3 Å². The lowest BCUT2D eigenvalue weighted by Crippen LogP contribution is -2.35. The number of aromatic amines is 1. The maximum atomic E-state index is 11.9. The SMILES string of the molecule is O=C(NCC(O)C(F)F)c1cc(Br)c[nH]1. The molecule has 0 saturated carbocycles. The van der Waals surface area contributed by atoms with Crippen LogP contribution in [-0.2, 0) is 0 Å². The summed E-state index contributed by atoms with van der Waals surface area (Å²) in [6, 6.07) is 1.50. The van der Waals surface area contributed by atoms with Gasteiger partial charge in [0.05, 0.1) is 0 Å². The highest BCUT2D eigenvalue weighted by Crippen LogP contribution is 2.10. The van der Waals surface area contributed by atoms with Crippen molar-refractivity contribution in [3.8, 4) is 0 Å². The highest BCUT2D eigenvalue weighted by Gasteiger charge is 2.18. The topological polar surface area (TPSA) is 65.1 Å². The number of amides is 1. The maximum absolute atomic E-state index is 11.9. The molecular weight excluding hydrogens is 274 g/mol. The molecule has 0 radical (unpaired) electrons. The molecule has 0 saturated heterocycles. The van der Waals surface area contributed by atoms with Crippen molar-refractivity contribution in [3.05, 3.63) is 22.4 Å². The zero-order valence-corrected chi connectivity index (χ0v) is 9.09. The fraction of sp³-hybridized carbons (Fsp3) is 0.375. The molecule has 4 nitrogen and oxygen atoms in total. The first-order chi connectivity index (χ1) is 7.00. The van der Waals surface area contributed by atoms with Crippen LogP contribution in [0.2, 0.25) is 0 Å². The first-order valence-electron chi connectivity index (χ1n) is 4.09. The van der Waals surface area contributed by atoms with Crippen LogP contribution < -0.4 is 5.32 Å². The van der Waals surface area contributed by atoms with E-state index in [1.165, 1.54) is 6.07 Å². The Bertz CT molecular complexity index is 343. The predicted molar refractivity (Wildman–Crippen MR) is 52.8 cm³/mol. The summed E-state index contributed by atoms with van der Waals surface area (Å²) < 4.78 is 24.4. The third-order valence-electron chi connectivity index (χ3n) is 1.66. The third kappa shape index (κ3) is 3.60. The number of aliphatic hydroxyl groups is 1. The van der Waals surface area contributed by atoms with Crippen LogP contribution in [0.5, 0.6) is 0 Å². The smallest absolute Gasteiger partial charge is 0.267 e. The summed E-state index contributed by atoms with van der Waals surface area (Å²) in [6.45, 7) is -0.479. The van der Waals surface area contributed by atoms with E-state index in [0.29, 0.717) is 4.47 Å². The molecule has 0 aliphatic rings. The van der Waals surface area contributed by atoms with Gasteiger partial charge in [0.15, 0.2) is 0 Å². The van der Waals surface area contributed by atoms with Gasteiger partial charge in [0.1, 0.15) is 11.8 Å². The van der Waals surface area contributed by atoms with Crippen molar-refractivity contribution in [2.24, 2.45) is 0 Å². The lowest BCUT2D eigenvalue weighted by Gasteiger charge is -2.09. The standard InChI is InChI=1S/C8H9BrF2N2O2/c9-4-1-5(12-2-4)8(15)13-3-6(14)7(10)11/h1-2,6-7,12,14H,3H2,(H,13,15). The third-order valence-corrected chi connectivity index (χ3v) is 2.11. The minimum atomic E-state index is -2.86. The number of nitrogens with one attached hydrogen (secondary N) is 2. The molecule has 3 N–H and O–H groups in total. The van der Waals surface area contributed by atoms with Gasteiger partial charge in [-0.05, 0) is 22.0 Å². The van der Waals surface area contributed by atoms with E-state index in [4.69, 9.17) is 5.11 Å². The van der Waals surface area contributed by atoms with Gasteiger partial charge in [0.25, 0.3) is 12.3 Å². The molecule has 1 rings (SSSR count). The number of H-pyrrole nitrogens is 1. The van der Waals surface area contributed by atoms with Crippen LogP contribution >= 0.6 is 15.9 Å². The summed E-state index contributed by atoms with van der Waals surface area (Å²) in [5.74, 6) is -0.541. The summed E-state index contributed by atoms with van der Waals surface area (Å²) in [5, 5.41) is 10.9. The van der Waals surface area contributed by atoms with E-state index >= 15 is 0 Å². The van der Waals surface area contributed by atoms with Crippen LogP contribution in [0.25, 0.3) is 0 Å². The van der Waals surface area contributed by atoms with E-state index < -0.39 is 25.0 Å². The van der Waals surface area contributed by atoms with Gasteiger partial charge in [0, 0.05) is 17.2 Å². The van der Waals surface area contributed by atoms with Crippen LogP contribution in [0.15, 0.2) is 16.7 Å². The molecule has 0 spiro atoms. The fourth-order valence-electron chi connectivity index (χ4n) is 0.881. The predicted octanol–water partition coefficient (Wildman–Crippen LogP) is 1.13. The van der Waals surface area contributed by atoms with E-state index in [-0.39, 0.29) is 5.69 Å². The second kappa shape index (κ2) is 5.22. The highest BCUT2D eigenvalue weighted by atomic mass is 79.9. The van der Waals surface area contributed by atoms with Crippen molar-refractivity contribution >= 4 is 21.8 Å². The van der Waals surface area contributed by atoms with E-state index in [9.17, 15) is 13.6 Å². The summed E-state index contributed by atoms with van der Waals surface area (Å²) in [7, 11) is 0. The second-order valence-electron chi connectivity index (χ2n) is 2.84. The van der Waals surface area contributed by atoms with E-state index in [0.717, 1.165) is 0 Å². The number of rotatable bonds is 4. The minimum Gasteiger partial charge on any atom is -0.385 e. The van der Waals surface area contributed by atoms with Gasteiger partial charge in [-0.25, -0.2) is 8.78 Å². The van der Waals surface area contributed by atoms with Crippen molar-refractivity contribution in [3.63, 3.8) is 0 Å². The van der Waals surface area contributed by atoms with Gasteiger partial charge < -0.3 is 15.4 Å². The number of halogens is 3. The van der Waals surface area contributed by atoms with Crippen molar-refractivity contribution in [1.29, 1.82) is 0 Å². The average molecular weight is 283 g/mol. The number of hydrogen-bond acceptors (Lipinski definition) is 2. The normalized spacial score (nSPS) is 12.9. The van der Waals surface area contributed by atoms with Crippen LogP contribution in [0.4, 0.5) is 8.78 Å².